The summed E-state index contributed by atoms with van der Waals surface area (Å²) in [6.45, 7) is 2.49. The van der Waals surface area contributed by atoms with Gasteiger partial charge in [0.05, 0.1) is 11.1 Å². The summed E-state index contributed by atoms with van der Waals surface area (Å²) in [5.74, 6) is -0.595. The predicted octanol–water partition coefficient (Wildman–Crippen LogP) is 3.24. The Balaban J connectivity index is 1.88. The molecule has 1 saturated heterocycles. The van der Waals surface area contributed by atoms with Crippen molar-refractivity contribution in [1.82, 2.24) is 5.32 Å². The van der Waals surface area contributed by atoms with Crippen LogP contribution in [0.5, 0.6) is 0 Å². The predicted molar refractivity (Wildman–Crippen MR) is 69.3 cm³/mol. The van der Waals surface area contributed by atoms with Crippen molar-refractivity contribution in [3.63, 3.8) is 0 Å². The Bertz CT molecular complexity index is 408. The Labute approximate surface area is 114 Å². The van der Waals surface area contributed by atoms with Gasteiger partial charge in [0.2, 0.25) is 0 Å². The number of rotatable bonds is 4. The fraction of sp³-hybridized carbons (Fsp3) is 0.538. The van der Waals surface area contributed by atoms with Gasteiger partial charge in [0.15, 0.2) is 0 Å². The number of ether oxygens (including phenoxy) is 1. The molecule has 1 aliphatic heterocycles. The van der Waals surface area contributed by atoms with Gasteiger partial charge in [-0.3, -0.25) is 0 Å². The highest BCUT2D eigenvalue weighted by Gasteiger charge is 2.15. The molecule has 1 aromatic carbocycles. The van der Waals surface area contributed by atoms with Gasteiger partial charge in [-0.05, 0) is 46.8 Å². The van der Waals surface area contributed by atoms with Gasteiger partial charge in [0, 0.05) is 25.3 Å². The van der Waals surface area contributed by atoms with Crippen molar-refractivity contribution in [2.24, 2.45) is 5.92 Å². The summed E-state index contributed by atoms with van der Waals surface area (Å²) in [4.78, 5) is 0. The molecule has 5 heteroatoms. The van der Waals surface area contributed by atoms with Crippen molar-refractivity contribution in [3.8, 4) is 0 Å². The van der Waals surface area contributed by atoms with Crippen LogP contribution in [0.2, 0.25) is 0 Å². The van der Waals surface area contributed by atoms with Crippen LogP contribution >= 0.6 is 15.9 Å². The van der Waals surface area contributed by atoms with Crippen molar-refractivity contribution >= 4 is 15.9 Å². The maximum absolute atomic E-state index is 13.7. The Hall–Kier alpha value is -0.520. The van der Waals surface area contributed by atoms with Crippen molar-refractivity contribution in [3.05, 3.63) is 33.8 Å². The quantitative estimate of drug-likeness (QED) is 0.860. The van der Waals surface area contributed by atoms with Crippen molar-refractivity contribution in [1.29, 1.82) is 0 Å². The van der Waals surface area contributed by atoms with Gasteiger partial charge >= 0.3 is 0 Å². The van der Waals surface area contributed by atoms with E-state index in [4.69, 9.17) is 4.74 Å². The third kappa shape index (κ3) is 3.49. The Morgan fingerprint density at radius 1 is 1.39 bits per heavy atom. The van der Waals surface area contributed by atoms with Gasteiger partial charge in [-0.2, -0.15) is 0 Å². The number of benzene rings is 1. The van der Waals surface area contributed by atoms with E-state index in [1.807, 2.05) is 0 Å². The second-order valence-electron chi connectivity index (χ2n) is 4.54. The SMILES string of the molecule is Fc1ccc(Br)c(F)c1CNCC1CCCOC1. The molecule has 1 aromatic rings. The van der Waals surface area contributed by atoms with E-state index in [9.17, 15) is 8.78 Å². The maximum Gasteiger partial charge on any atom is 0.144 e. The van der Waals surface area contributed by atoms with Crippen LogP contribution in [0.1, 0.15) is 18.4 Å². The molecule has 1 atom stereocenters. The summed E-state index contributed by atoms with van der Waals surface area (Å²) in [6, 6.07) is 2.65. The summed E-state index contributed by atoms with van der Waals surface area (Å²) in [5.41, 5.74) is 0.0844. The molecule has 1 unspecified atom stereocenters. The van der Waals surface area contributed by atoms with E-state index in [1.54, 1.807) is 0 Å². The molecule has 0 aromatic heterocycles. The van der Waals surface area contributed by atoms with Crippen molar-refractivity contribution < 1.29 is 13.5 Å². The molecule has 0 saturated carbocycles. The summed E-state index contributed by atoms with van der Waals surface area (Å²) in [5, 5.41) is 3.10. The van der Waals surface area contributed by atoms with Crippen LogP contribution in [0.15, 0.2) is 16.6 Å². The second kappa shape index (κ2) is 6.59. The van der Waals surface area contributed by atoms with Crippen LogP contribution in [0.3, 0.4) is 0 Å². The molecular formula is C13H16BrF2NO. The minimum atomic E-state index is -0.526. The topological polar surface area (TPSA) is 21.3 Å². The van der Waals surface area contributed by atoms with Crippen molar-refractivity contribution in [2.45, 2.75) is 19.4 Å². The van der Waals surface area contributed by atoms with E-state index < -0.39 is 11.6 Å². The highest BCUT2D eigenvalue weighted by Crippen LogP contribution is 2.21. The van der Waals surface area contributed by atoms with Gasteiger partial charge in [-0.15, -0.1) is 0 Å². The third-order valence-electron chi connectivity index (χ3n) is 3.13. The normalized spacial score (nSPS) is 20.1. The number of halogens is 3. The number of hydrogen-bond acceptors (Lipinski definition) is 2. The molecule has 1 aliphatic rings. The molecule has 100 valence electrons. The van der Waals surface area contributed by atoms with Crippen molar-refractivity contribution in [2.75, 3.05) is 19.8 Å². The lowest BCUT2D eigenvalue weighted by Crippen LogP contribution is -2.29. The minimum absolute atomic E-state index is 0.0844. The van der Waals surface area contributed by atoms with E-state index in [0.717, 1.165) is 32.6 Å². The Kier molecular flexibility index (Phi) is 5.09. The fourth-order valence-electron chi connectivity index (χ4n) is 2.10. The van der Waals surface area contributed by atoms with Crippen LogP contribution in [0, 0.1) is 17.6 Å². The van der Waals surface area contributed by atoms with Crippen LogP contribution in [0.25, 0.3) is 0 Å². The summed E-state index contributed by atoms with van der Waals surface area (Å²) in [6.07, 6.45) is 2.17. The lowest BCUT2D eigenvalue weighted by Gasteiger charge is -2.22. The van der Waals surface area contributed by atoms with Crippen LogP contribution in [-0.4, -0.2) is 19.8 Å². The lowest BCUT2D eigenvalue weighted by molar-refractivity contribution is 0.0547. The Morgan fingerprint density at radius 2 is 2.22 bits per heavy atom. The van der Waals surface area contributed by atoms with Gasteiger partial charge in [-0.25, -0.2) is 8.78 Å². The van der Waals surface area contributed by atoms with Gasteiger partial charge in [0.25, 0.3) is 0 Å². The highest BCUT2D eigenvalue weighted by atomic mass is 79.9. The number of hydrogen-bond donors (Lipinski definition) is 1. The zero-order valence-electron chi connectivity index (χ0n) is 10.0. The fourth-order valence-corrected chi connectivity index (χ4v) is 2.47. The first-order valence-electron chi connectivity index (χ1n) is 6.09. The molecule has 1 heterocycles. The average Bonchev–Trinajstić information content (AvgIpc) is 2.39. The highest BCUT2D eigenvalue weighted by molar-refractivity contribution is 9.10. The van der Waals surface area contributed by atoms with Crippen LogP contribution in [-0.2, 0) is 11.3 Å². The average molecular weight is 320 g/mol. The molecule has 18 heavy (non-hydrogen) atoms. The second-order valence-corrected chi connectivity index (χ2v) is 5.39. The molecule has 0 aliphatic carbocycles. The lowest BCUT2D eigenvalue weighted by atomic mass is 10.0. The first-order chi connectivity index (χ1) is 8.68. The van der Waals surface area contributed by atoms with Gasteiger partial charge in [0.1, 0.15) is 11.6 Å². The largest absolute Gasteiger partial charge is 0.381 e. The zero-order chi connectivity index (χ0) is 13.0. The first kappa shape index (κ1) is 13.9. The van der Waals surface area contributed by atoms with Gasteiger partial charge in [-0.1, -0.05) is 0 Å². The molecule has 1 fully saturated rings. The summed E-state index contributed by atoms with van der Waals surface area (Å²) < 4.78 is 32.8. The molecule has 0 spiro atoms. The van der Waals surface area contributed by atoms with E-state index in [2.05, 4.69) is 21.2 Å². The van der Waals surface area contributed by atoms with E-state index >= 15 is 0 Å². The zero-order valence-corrected chi connectivity index (χ0v) is 11.6. The first-order valence-corrected chi connectivity index (χ1v) is 6.88. The van der Waals surface area contributed by atoms with Crippen LogP contribution in [0.4, 0.5) is 8.78 Å². The van der Waals surface area contributed by atoms with Gasteiger partial charge < -0.3 is 10.1 Å². The molecule has 0 amide bonds. The standard InChI is InChI=1S/C13H16BrF2NO/c14-11-3-4-12(15)10(13(11)16)7-17-6-9-2-1-5-18-8-9/h3-4,9,17H,1-2,5-8H2. The smallest absolute Gasteiger partial charge is 0.144 e. The monoisotopic (exact) mass is 319 g/mol. The summed E-state index contributed by atoms with van der Waals surface area (Å²) in [7, 11) is 0. The number of nitrogens with one attached hydrogen (secondary N) is 1. The summed E-state index contributed by atoms with van der Waals surface area (Å²) >= 11 is 3.06. The van der Waals surface area contributed by atoms with E-state index in [1.165, 1.54) is 12.1 Å². The third-order valence-corrected chi connectivity index (χ3v) is 3.74. The minimum Gasteiger partial charge on any atom is -0.381 e. The Morgan fingerprint density at radius 3 is 2.94 bits per heavy atom. The molecule has 2 rings (SSSR count). The molecule has 0 bridgehead atoms. The molecule has 0 radical (unpaired) electrons. The van der Waals surface area contributed by atoms with Crippen LogP contribution < -0.4 is 5.32 Å². The van der Waals surface area contributed by atoms with E-state index in [0.29, 0.717) is 10.4 Å². The van der Waals surface area contributed by atoms with E-state index in [-0.39, 0.29) is 12.1 Å². The molecular weight excluding hydrogens is 304 g/mol. The molecule has 2 nitrogen and oxygen atoms in total. The maximum atomic E-state index is 13.7. The molecule has 1 N–H and O–H groups in total.